The van der Waals surface area contributed by atoms with Gasteiger partial charge in [-0.3, -0.25) is 4.79 Å². The summed E-state index contributed by atoms with van der Waals surface area (Å²) in [6.07, 6.45) is 0. The van der Waals surface area contributed by atoms with Gasteiger partial charge in [-0.1, -0.05) is 29.8 Å². The molecule has 2 aromatic rings. The molecule has 0 fully saturated rings. The van der Waals surface area contributed by atoms with E-state index in [0.29, 0.717) is 16.5 Å². The van der Waals surface area contributed by atoms with Crippen LogP contribution in [0.15, 0.2) is 48.5 Å². The first kappa shape index (κ1) is 12.9. The van der Waals surface area contributed by atoms with Crippen molar-refractivity contribution in [3.05, 3.63) is 64.7 Å². The van der Waals surface area contributed by atoms with Gasteiger partial charge in [0.05, 0.1) is 0 Å². The molecule has 0 heterocycles. The van der Waals surface area contributed by atoms with Crippen LogP contribution >= 0.6 is 23.2 Å². The molecule has 1 N–H and O–H groups in total. The fraction of sp³-hybridized carbons (Fsp3) is 0.0714. The first-order valence-corrected chi connectivity index (χ1v) is 6.32. The van der Waals surface area contributed by atoms with Crippen molar-refractivity contribution in [2.75, 3.05) is 5.32 Å². The Balaban J connectivity index is 2.11. The second-order valence-corrected chi connectivity index (χ2v) is 4.50. The van der Waals surface area contributed by atoms with Gasteiger partial charge in [0, 0.05) is 22.2 Å². The minimum atomic E-state index is -0.184. The molecule has 0 bridgehead atoms. The molecule has 0 aliphatic rings. The SMILES string of the molecule is O=C(Nc1ccc(CCl)cc1)c1cccc(Cl)c1. The number of halogens is 2. The lowest BCUT2D eigenvalue weighted by Gasteiger charge is -2.06. The van der Waals surface area contributed by atoms with Gasteiger partial charge in [-0.05, 0) is 35.9 Å². The molecule has 92 valence electrons. The van der Waals surface area contributed by atoms with Gasteiger partial charge in [0.2, 0.25) is 0 Å². The minimum Gasteiger partial charge on any atom is -0.322 e. The number of benzene rings is 2. The van der Waals surface area contributed by atoms with Gasteiger partial charge >= 0.3 is 0 Å². The number of rotatable bonds is 3. The molecule has 2 nitrogen and oxygen atoms in total. The van der Waals surface area contributed by atoms with Crippen LogP contribution in [-0.2, 0) is 5.88 Å². The number of carbonyl (C=O) groups is 1. The summed E-state index contributed by atoms with van der Waals surface area (Å²) in [4.78, 5) is 11.9. The summed E-state index contributed by atoms with van der Waals surface area (Å²) in [7, 11) is 0. The molecule has 4 heteroatoms. The van der Waals surface area contributed by atoms with Crippen LogP contribution in [0.25, 0.3) is 0 Å². The van der Waals surface area contributed by atoms with E-state index in [0.717, 1.165) is 11.3 Å². The zero-order valence-corrected chi connectivity index (χ0v) is 11.0. The van der Waals surface area contributed by atoms with Crippen molar-refractivity contribution in [3.8, 4) is 0 Å². The molecule has 0 atom stereocenters. The highest BCUT2D eigenvalue weighted by Crippen LogP contribution is 2.15. The summed E-state index contributed by atoms with van der Waals surface area (Å²) in [5.74, 6) is 0.277. The molecule has 0 aliphatic carbocycles. The lowest BCUT2D eigenvalue weighted by Crippen LogP contribution is -2.11. The zero-order chi connectivity index (χ0) is 13.0. The second kappa shape index (κ2) is 5.89. The van der Waals surface area contributed by atoms with Crippen molar-refractivity contribution in [1.82, 2.24) is 0 Å². The number of hydrogen-bond acceptors (Lipinski definition) is 1. The maximum atomic E-state index is 11.9. The average Bonchev–Trinajstić information content (AvgIpc) is 2.39. The molecule has 0 spiro atoms. The van der Waals surface area contributed by atoms with Crippen molar-refractivity contribution in [2.45, 2.75) is 5.88 Å². The van der Waals surface area contributed by atoms with Crippen LogP contribution in [-0.4, -0.2) is 5.91 Å². The van der Waals surface area contributed by atoms with Crippen LogP contribution < -0.4 is 5.32 Å². The van der Waals surface area contributed by atoms with Crippen LogP contribution in [0.3, 0.4) is 0 Å². The quantitative estimate of drug-likeness (QED) is 0.833. The standard InChI is InChI=1S/C14H11Cl2NO/c15-9-10-4-6-13(7-5-10)17-14(18)11-2-1-3-12(16)8-11/h1-8H,9H2,(H,17,18). The first-order chi connectivity index (χ1) is 8.69. The number of anilines is 1. The number of amides is 1. The molecule has 0 saturated heterocycles. The highest BCUT2D eigenvalue weighted by Gasteiger charge is 2.06. The van der Waals surface area contributed by atoms with Crippen molar-refractivity contribution < 1.29 is 4.79 Å². The molecule has 18 heavy (non-hydrogen) atoms. The third-order valence-corrected chi connectivity index (χ3v) is 3.00. The van der Waals surface area contributed by atoms with Crippen LogP contribution in [0.4, 0.5) is 5.69 Å². The Morgan fingerprint density at radius 2 is 1.83 bits per heavy atom. The van der Waals surface area contributed by atoms with E-state index in [9.17, 15) is 4.79 Å². The van der Waals surface area contributed by atoms with Gasteiger partial charge in [-0.15, -0.1) is 11.6 Å². The Bertz CT molecular complexity index is 552. The van der Waals surface area contributed by atoms with E-state index < -0.39 is 0 Å². The fourth-order valence-corrected chi connectivity index (χ4v) is 1.88. The van der Waals surface area contributed by atoms with E-state index in [1.54, 1.807) is 24.3 Å². The Kier molecular flexibility index (Phi) is 4.24. The Morgan fingerprint density at radius 1 is 1.11 bits per heavy atom. The Labute approximate surface area is 116 Å². The van der Waals surface area contributed by atoms with Gasteiger partial charge in [-0.2, -0.15) is 0 Å². The van der Waals surface area contributed by atoms with E-state index in [2.05, 4.69) is 5.32 Å². The third kappa shape index (κ3) is 3.25. The maximum absolute atomic E-state index is 11.9. The van der Waals surface area contributed by atoms with Crippen LogP contribution in [0.1, 0.15) is 15.9 Å². The number of alkyl halides is 1. The summed E-state index contributed by atoms with van der Waals surface area (Å²) >= 11 is 11.5. The predicted octanol–water partition coefficient (Wildman–Crippen LogP) is 4.33. The molecule has 0 radical (unpaired) electrons. The lowest BCUT2D eigenvalue weighted by molar-refractivity contribution is 0.102. The summed E-state index contributed by atoms with van der Waals surface area (Å²) in [5, 5.41) is 3.34. The Morgan fingerprint density at radius 3 is 2.44 bits per heavy atom. The van der Waals surface area contributed by atoms with Gasteiger partial charge in [0.25, 0.3) is 5.91 Å². The van der Waals surface area contributed by atoms with Crippen molar-refractivity contribution in [1.29, 1.82) is 0 Å². The van der Waals surface area contributed by atoms with Crippen LogP contribution in [0.2, 0.25) is 5.02 Å². The van der Waals surface area contributed by atoms with Crippen molar-refractivity contribution >= 4 is 34.8 Å². The normalized spacial score (nSPS) is 10.1. The summed E-state index contributed by atoms with van der Waals surface area (Å²) < 4.78 is 0. The van der Waals surface area contributed by atoms with E-state index in [4.69, 9.17) is 23.2 Å². The number of carbonyl (C=O) groups excluding carboxylic acids is 1. The van der Waals surface area contributed by atoms with Crippen LogP contribution in [0.5, 0.6) is 0 Å². The van der Waals surface area contributed by atoms with Crippen LogP contribution in [0, 0.1) is 0 Å². The summed E-state index contributed by atoms with van der Waals surface area (Å²) in [6.45, 7) is 0. The molecular formula is C14H11Cl2NO. The number of hydrogen-bond donors (Lipinski definition) is 1. The van der Waals surface area contributed by atoms with Gasteiger partial charge < -0.3 is 5.32 Å². The van der Waals surface area contributed by atoms with E-state index >= 15 is 0 Å². The van der Waals surface area contributed by atoms with Crippen molar-refractivity contribution in [3.63, 3.8) is 0 Å². The highest BCUT2D eigenvalue weighted by molar-refractivity contribution is 6.31. The molecule has 0 aliphatic heterocycles. The van der Waals surface area contributed by atoms with Gasteiger partial charge in [0.15, 0.2) is 0 Å². The molecule has 0 aromatic heterocycles. The summed E-state index contributed by atoms with van der Waals surface area (Å²) in [6, 6.07) is 14.2. The van der Waals surface area contributed by atoms with E-state index in [1.807, 2.05) is 24.3 Å². The third-order valence-electron chi connectivity index (χ3n) is 2.45. The smallest absolute Gasteiger partial charge is 0.255 e. The number of nitrogens with one attached hydrogen (secondary N) is 1. The zero-order valence-electron chi connectivity index (χ0n) is 9.49. The minimum absolute atomic E-state index is 0.184. The van der Waals surface area contributed by atoms with Gasteiger partial charge in [-0.25, -0.2) is 0 Å². The molecular weight excluding hydrogens is 269 g/mol. The molecule has 2 aromatic carbocycles. The molecule has 1 amide bonds. The average molecular weight is 280 g/mol. The molecule has 2 rings (SSSR count). The van der Waals surface area contributed by atoms with E-state index in [1.165, 1.54) is 0 Å². The van der Waals surface area contributed by atoms with E-state index in [-0.39, 0.29) is 5.91 Å². The van der Waals surface area contributed by atoms with Crippen molar-refractivity contribution in [2.24, 2.45) is 0 Å². The Hall–Kier alpha value is -1.51. The largest absolute Gasteiger partial charge is 0.322 e. The molecule has 0 saturated carbocycles. The maximum Gasteiger partial charge on any atom is 0.255 e. The fourth-order valence-electron chi connectivity index (χ4n) is 1.51. The predicted molar refractivity (Wildman–Crippen MR) is 75.4 cm³/mol. The van der Waals surface area contributed by atoms with Gasteiger partial charge in [0.1, 0.15) is 0 Å². The first-order valence-electron chi connectivity index (χ1n) is 5.41. The topological polar surface area (TPSA) is 29.1 Å². The molecule has 0 unspecified atom stereocenters. The highest BCUT2D eigenvalue weighted by atomic mass is 35.5. The lowest BCUT2D eigenvalue weighted by atomic mass is 10.2. The second-order valence-electron chi connectivity index (χ2n) is 3.80. The monoisotopic (exact) mass is 279 g/mol. The summed E-state index contributed by atoms with van der Waals surface area (Å²) in [5.41, 5.74) is 2.27.